The van der Waals surface area contributed by atoms with Crippen molar-refractivity contribution in [3.8, 4) is 11.5 Å². The summed E-state index contributed by atoms with van der Waals surface area (Å²) in [5, 5.41) is 0. The summed E-state index contributed by atoms with van der Waals surface area (Å²) >= 11 is 0. The molecule has 0 saturated heterocycles. The lowest BCUT2D eigenvalue weighted by Crippen LogP contribution is -2.24. The molecule has 0 atom stereocenters. The highest BCUT2D eigenvalue weighted by Gasteiger charge is 2.36. The first kappa shape index (κ1) is 14.0. The van der Waals surface area contributed by atoms with Crippen molar-refractivity contribution in [1.29, 1.82) is 0 Å². The molecule has 1 aliphatic carbocycles. The van der Waals surface area contributed by atoms with E-state index in [9.17, 15) is 13.2 Å². The summed E-state index contributed by atoms with van der Waals surface area (Å²) in [7, 11) is 0. The molecule has 0 bridgehead atoms. The largest absolute Gasteiger partial charge is 0.490 e. The van der Waals surface area contributed by atoms with E-state index in [0.29, 0.717) is 0 Å². The Morgan fingerprint density at radius 3 is 2.21 bits per heavy atom. The van der Waals surface area contributed by atoms with Crippen LogP contribution in [-0.2, 0) is 6.18 Å². The van der Waals surface area contributed by atoms with Gasteiger partial charge in [-0.1, -0.05) is 0 Å². The number of hydrogen-bond donors (Lipinski definition) is 0. The van der Waals surface area contributed by atoms with Crippen LogP contribution >= 0.6 is 0 Å². The normalized spacial score (nSPS) is 16.3. The van der Waals surface area contributed by atoms with Crippen LogP contribution in [-0.4, -0.2) is 11.7 Å². The predicted molar refractivity (Wildman–Crippen MR) is 65.5 cm³/mol. The first-order chi connectivity index (χ1) is 8.65. The zero-order valence-electron chi connectivity index (χ0n) is 11.2. The fourth-order valence-electron chi connectivity index (χ4n) is 1.60. The molecule has 1 saturated carbocycles. The number of halogens is 3. The van der Waals surface area contributed by atoms with Gasteiger partial charge in [-0.25, -0.2) is 0 Å². The average Bonchev–Trinajstić information content (AvgIpc) is 3.00. The number of hydrogen-bond acceptors (Lipinski definition) is 2. The molecule has 1 aliphatic rings. The number of ether oxygens (including phenoxy) is 2. The second-order valence-electron chi connectivity index (χ2n) is 5.69. The summed E-state index contributed by atoms with van der Waals surface area (Å²) in [6.07, 6.45) is -2.58. The van der Waals surface area contributed by atoms with E-state index >= 15 is 0 Å². The Hall–Kier alpha value is -1.39. The molecular formula is C14H17F3O2. The highest BCUT2D eigenvalue weighted by atomic mass is 19.4. The van der Waals surface area contributed by atoms with E-state index < -0.39 is 17.3 Å². The Kier molecular flexibility index (Phi) is 3.41. The number of benzene rings is 1. The van der Waals surface area contributed by atoms with E-state index in [2.05, 4.69) is 0 Å². The van der Waals surface area contributed by atoms with Gasteiger partial charge in [-0.05, 0) is 51.8 Å². The van der Waals surface area contributed by atoms with Crippen LogP contribution in [0, 0.1) is 0 Å². The monoisotopic (exact) mass is 274 g/mol. The van der Waals surface area contributed by atoms with Gasteiger partial charge < -0.3 is 9.47 Å². The second-order valence-corrected chi connectivity index (χ2v) is 5.69. The predicted octanol–water partition coefficient (Wildman–Crippen LogP) is 4.42. The zero-order chi connectivity index (χ0) is 14.3. The third-order valence-corrected chi connectivity index (χ3v) is 2.50. The quantitative estimate of drug-likeness (QED) is 0.812. The van der Waals surface area contributed by atoms with E-state index in [1.165, 1.54) is 12.1 Å². The summed E-state index contributed by atoms with van der Waals surface area (Å²) in [5.74, 6) is 0.0826. The van der Waals surface area contributed by atoms with E-state index in [1.807, 2.05) is 0 Å². The Morgan fingerprint density at radius 1 is 1.11 bits per heavy atom. The third-order valence-electron chi connectivity index (χ3n) is 2.50. The summed E-state index contributed by atoms with van der Waals surface area (Å²) in [6.45, 7) is 5.13. The van der Waals surface area contributed by atoms with Crippen molar-refractivity contribution in [3.05, 3.63) is 23.8 Å². The fraction of sp³-hybridized carbons (Fsp3) is 0.571. The molecule has 2 rings (SSSR count). The lowest BCUT2D eigenvalue weighted by atomic mass is 10.1. The maximum absolute atomic E-state index is 13.0. The summed E-state index contributed by atoms with van der Waals surface area (Å²) in [6, 6.07) is 3.86. The van der Waals surface area contributed by atoms with Crippen molar-refractivity contribution in [3.63, 3.8) is 0 Å². The van der Waals surface area contributed by atoms with Crippen molar-refractivity contribution in [2.75, 3.05) is 0 Å². The Balaban J connectivity index is 2.30. The maximum Gasteiger partial charge on any atom is 0.420 e. The van der Waals surface area contributed by atoms with Crippen LogP contribution in [0.4, 0.5) is 13.2 Å². The molecule has 2 nitrogen and oxygen atoms in total. The standard InChI is InChI=1S/C14H17F3O2/c1-13(2,3)19-12-7-6-10(18-9-4-5-9)8-11(12)14(15,16)17/h6-9H,4-5H2,1-3H3. The van der Waals surface area contributed by atoms with Gasteiger partial charge in [0.15, 0.2) is 0 Å². The van der Waals surface area contributed by atoms with Crippen LogP contribution in [0.25, 0.3) is 0 Å². The van der Waals surface area contributed by atoms with Gasteiger partial charge in [-0.2, -0.15) is 13.2 Å². The van der Waals surface area contributed by atoms with Crippen molar-refractivity contribution in [1.82, 2.24) is 0 Å². The molecule has 1 fully saturated rings. The molecule has 0 heterocycles. The topological polar surface area (TPSA) is 18.5 Å². The Morgan fingerprint density at radius 2 is 1.74 bits per heavy atom. The maximum atomic E-state index is 13.0. The Bertz CT molecular complexity index is 457. The molecule has 1 aromatic rings. The van der Waals surface area contributed by atoms with Crippen molar-refractivity contribution >= 4 is 0 Å². The molecule has 0 radical (unpaired) electrons. The number of rotatable bonds is 3. The van der Waals surface area contributed by atoms with Gasteiger partial charge >= 0.3 is 6.18 Å². The SMILES string of the molecule is CC(C)(C)Oc1ccc(OC2CC2)cc1C(F)(F)F. The molecule has 0 aliphatic heterocycles. The molecule has 19 heavy (non-hydrogen) atoms. The third kappa shape index (κ3) is 4.04. The van der Waals surface area contributed by atoms with Gasteiger partial charge in [-0.15, -0.1) is 0 Å². The van der Waals surface area contributed by atoms with Gasteiger partial charge in [0.05, 0.1) is 6.10 Å². The van der Waals surface area contributed by atoms with Gasteiger partial charge in [0, 0.05) is 0 Å². The minimum absolute atomic E-state index is 0.0652. The molecule has 0 N–H and O–H groups in total. The smallest absolute Gasteiger partial charge is 0.420 e. The summed E-state index contributed by atoms with van der Waals surface area (Å²) in [5.41, 5.74) is -1.47. The molecule has 106 valence electrons. The van der Waals surface area contributed by atoms with E-state index in [0.717, 1.165) is 18.9 Å². The molecule has 5 heteroatoms. The molecule has 0 spiro atoms. The van der Waals surface area contributed by atoms with Gasteiger partial charge in [0.1, 0.15) is 22.7 Å². The van der Waals surface area contributed by atoms with Crippen LogP contribution in [0.1, 0.15) is 39.2 Å². The van der Waals surface area contributed by atoms with E-state index in [-0.39, 0.29) is 17.6 Å². The van der Waals surface area contributed by atoms with Crippen LogP contribution in [0.2, 0.25) is 0 Å². The Labute approximate surface area is 110 Å². The lowest BCUT2D eigenvalue weighted by molar-refractivity contribution is -0.139. The van der Waals surface area contributed by atoms with E-state index in [4.69, 9.17) is 9.47 Å². The first-order valence-corrected chi connectivity index (χ1v) is 6.22. The van der Waals surface area contributed by atoms with Gasteiger partial charge in [0.2, 0.25) is 0 Å². The van der Waals surface area contributed by atoms with Crippen LogP contribution in [0.3, 0.4) is 0 Å². The van der Waals surface area contributed by atoms with Crippen molar-refractivity contribution in [2.45, 2.75) is 51.5 Å². The van der Waals surface area contributed by atoms with Crippen molar-refractivity contribution < 1.29 is 22.6 Å². The average molecular weight is 274 g/mol. The van der Waals surface area contributed by atoms with Crippen LogP contribution < -0.4 is 9.47 Å². The lowest BCUT2D eigenvalue weighted by Gasteiger charge is -2.24. The highest BCUT2D eigenvalue weighted by Crippen LogP contribution is 2.40. The highest BCUT2D eigenvalue weighted by molar-refractivity contribution is 5.42. The first-order valence-electron chi connectivity index (χ1n) is 6.22. The van der Waals surface area contributed by atoms with Gasteiger partial charge in [0.25, 0.3) is 0 Å². The van der Waals surface area contributed by atoms with Crippen LogP contribution in [0.5, 0.6) is 11.5 Å². The molecule has 1 aromatic carbocycles. The zero-order valence-corrected chi connectivity index (χ0v) is 11.2. The van der Waals surface area contributed by atoms with Gasteiger partial charge in [-0.3, -0.25) is 0 Å². The van der Waals surface area contributed by atoms with Crippen molar-refractivity contribution in [2.24, 2.45) is 0 Å². The summed E-state index contributed by atoms with van der Waals surface area (Å²) < 4.78 is 49.8. The fourth-order valence-corrected chi connectivity index (χ4v) is 1.60. The molecule has 0 amide bonds. The molecule has 0 unspecified atom stereocenters. The summed E-state index contributed by atoms with van der Waals surface area (Å²) in [4.78, 5) is 0. The number of alkyl halides is 3. The minimum atomic E-state index is -4.45. The van der Waals surface area contributed by atoms with Crippen LogP contribution in [0.15, 0.2) is 18.2 Å². The molecular weight excluding hydrogens is 257 g/mol. The second kappa shape index (κ2) is 4.62. The van der Waals surface area contributed by atoms with E-state index in [1.54, 1.807) is 20.8 Å². The molecule has 0 aromatic heterocycles. The minimum Gasteiger partial charge on any atom is -0.490 e.